The quantitative estimate of drug-likeness (QED) is 0.406. The van der Waals surface area contributed by atoms with Gasteiger partial charge in [0.05, 0.1) is 6.61 Å². The summed E-state index contributed by atoms with van der Waals surface area (Å²) in [7, 11) is 0. The van der Waals surface area contributed by atoms with Crippen LogP contribution in [-0.4, -0.2) is 12.6 Å². The molecule has 0 N–H and O–H groups in total. The maximum atomic E-state index is 11.8. The normalized spacial score (nSPS) is 31.6. The summed E-state index contributed by atoms with van der Waals surface area (Å²) >= 11 is 0. The van der Waals surface area contributed by atoms with E-state index >= 15 is 0 Å². The van der Waals surface area contributed by atoms with Crippen LogP contribution >= 0.6 is 0 Å². The highest BCUT2D eigenvalue weighted by Crippen LogP contribution is 2.57. The fourth-order valence-electron chi connectivity index (χ4n) is 3.95. The topological polar surface area (TPSA) is 26.3 Å². The number of allylic oxidation sites excluding steroid dienone is 4. The van der Waals surface area contributed by atoms with E-state index in [2.05, 4.69) is 26.5 Å². The van der Waals surface area contributed by atoms with Crippen molar-refractivity contribution in [1.29, 1.82) is 0 Å². The van der Waals surface area contributed by atoms with E-state index in [0.29, 0.717) is 18.4 Å². The highest BCUT2D eigenvalue weighted by Gasteiger charge is 2.51. The first-order chi connectivity index (χ1) is 10.3. The molecule has 2 aliphatic carbocycles. The van der Waals surface area contributed by atoms with Crippen molar-refractivity contribution >= 4 is 5.97 Å². The van der Waals surface area contributed by atoms with Crippen LogP contribution in [0.3, 0.4) is 0 Å². The van der Waals surface area contributed by atoms with Crippen molar-refractivity contribution in [1.82, 2.24) is 0 Å². The summed E-state index contributed by atoms with van der Waals surface area (Å²) in [4.78, 5) is 11.8. The molecular formula is C20H30O2. The average Bonchev–Trinajstić information content (AvgIpc) is 2.46. The lowest BCUT2D eigenvalue weighted by molar-refractivity contribution is -0.149. The Hall–Kier alpha value is -1.31. The number of carbonyl (C=O) groups excluding carboxylic acids is 1. The smallest absolute Gasteiger partial charge is 0.330 e. The SMILES string of the molecule is C=C1CCC=C(C)CCC2C1CC2(C)COC(=O)C=C(C)C. The predicted molar refractivity (Wildman–Crippen MR) is 91.5 cm³/mol. The Morgan fingerprint density at radius 2 is 2.18 bits per heavy atom. The highest BCUT2D eigenvalue weighted by atomic mass is 16.5. The zero-order chi connectivity index (χ0) is 16.3. The third kappa shape index (κ3) is 3.91. The van der Waals surface area contributed by atoms with E-state index in [4.69, 9.17) is 4.74 Å². The van der Waals surface area contributed by atoms with Gasteiger partial charge in [-0.1, -0.05) is 36.3 Å². The maximum Gasteiger partial charge on any atom is 0.330 e. The van der Waals surface area contributed by atoms with Gasteiger partial charge in [-0.25, -0.2) is 4.79 Å². The summed E-state index contributed by atoms with van der Waals surface area (Å²) in [5.41, 5.74) is 3.98. The Kier molecular flexibility index (Phi) is 5.31. The first-order valence-electron chi connectivity index (χ1n) is 8.47. The van der Waals surface area contributed by atoms with Crippen LogP contribution in [0.15, 0.2) is 35.5 Å². The number of hydrogen-bond acceptors (Lipinski definition) is 2. The number of hydrogen-bond donors (Lipinski definition) is 0. The number of carbonyl (C=O) groups is 1. The van der Waals surface area contributed by atoms with Gasteiger partial charge in [-0.3, -0.25) is 0 Å². The minimum atomic E-state index is -0.206. The molecule has 0 amide bonds. The summed E-state index contributed by atoms with van der Waals surface area (Å²) in [6, 6.07) is 0. The Balaban J connectivity index is 2.00. The van der Waals surface area contributed by atoms with Crippen molar-refractivity contribution in [2.75, 3.05) is 6.61 Å². The zero-order valence-corrected chi connectivity index (χ0v) is 14.6. The molecule has 0 aromatic rings. The van der Waals surface area contributed by atoms with Gasteiger partial charge >= 0.3 is 5.97 Å². The van der Waals surface area contributed by atoms with Crippen molar-refractivity contribution in [2.45, 2.75) is 59.8 Å². The molecule has 3 unspecified atom stereocenters. The summed E-state index contributed by atoms with van der Waals surface area (Å²) in [6.45, 7) is 13.2. The van der Waals surface area contributed by atoms with Crippen molar-refractivity contribution in [3.63, 3.8) is 0 Å². The van der Waals surface area contributed by atoms with E-state index in [9.17, 15) is 4.79 Å². The predicted octanol–water partition coefficient (Wildman–Crippen LogP) is 5.21. The fraction of sp³-hybridized carbons (Fsp3) is 0.650. The molecule has 2 rings (SSSR count). The molecule has 0 heterocycles. The van der Waals surface area contributed by atoms with Gasteiger partial charge in [-0.15, -0.1) is 0 Å². The molecule has 0 spiro atoms. The van der Waals surface area contributed by atoms with Gasteiger partial charge in [-0.05, 0) is 64.7 Å². The highest BCUT2D eigenvalue weighted by molar-refractivity contribution is 5.82. The lowest BCUT2D eigenvalue weighted by Crippen LogP contribution is -2.49. The van der Waals surface area contributed by atoms with E-state index in [1.165, 1.54) is 17.6 Å². The molecule has 22 heavy (non-hydrogen) atoms. The molecule has 0 aromatic heterocycles. The van der Waals surface area contributed by atoms with Crippen LogP contribution in [-0.2, 0) is 9.53 Å². The largest absolute Gasteiger partial charge is 0.462 e. The molecule has 2 nitrogen and oxygen atoms in total. The van der Waals surface area contributed by atoms with E-state index in [1.54, 1.807) is 6.08 Å². The van der Waals surface area contributed by atoms with E-state index in [-0.39, 0.29) is 11.4 Å². The van der Waals surface area contributed by atoms with Gasteiger partial charge in [0, 0.05) is 11.5 Å². The van der Waals surface area contributed by atoms with Crippen LogP contribution in [0.4, 0.5) is 0 Å². The Bertz CT molecular complexity index is 508. The first kappa shape index (κ1) is 17.1. The second-order valence-corrected chi connectivity index (χ2v) is 7.69. The molecule has 0 aliphatic heterocycles. The van der Waals surface area contributed by atoms with Crippen LogP contribution < -0.4 is 0 Å². The van der Waals surface area contributed by atoms with Crippen LogP contribution in [0.1, 0.15) is 59.8 Å². The number of fused-ring (bicyclic) bond motifs is 1. The molecular weight excluding hydrogens is 272 g/mol. The van der Waals surface area contributed by atoms with Crippen molar-refractivity contribution in [2.24, 2.45) is 17.3 Å². The number of ether oxygens (including phenoxy) is 1. The molecule has 1 fully saturated rings. The lowest BCUT2D eigenvalue weighted by atomic mass is 9.51. The Morgan fingerprint density at radius 1 is 1.45 bits per heavy atom. The van der Waals surface area contributed by atoms with Gasteiger partial charge in [0.25, 0.3) is 0 Å². The van der Waals surface area contributed by atoms with Crippen molar-refractivity contribution in [3.05, 3.63) is 35.5 Å². The number of esters is 1. The summed E-state index contributed by atoms with van der Waals surface area (Å²) in [5.74, 6) is 1.01. The average molecular weight is 302 g/mol. The van der Waals surface area contributed by atoms with Crippen LogP contribution in [0.5, 0.6) is 0 Å². The van der Waals surface area contributed by atoms with Gasteiger partial charge in [-0.2, -0.15) is 0 Å². The summed E-state index contributed by atoms with van der Waals surface area (Å²) in [5, 5.41) is 0. The third-order valence-corrected chi connectivity index (χ3v) is 5.35. The lowest BCUT2D eigenvalue weighted by Gasteiger charge is -2.54. The minimum absolute atomic E-state index is 0.114. The number of rotatable bonds is 3. The Labute approximate surface area is 135 Å². The minimum Gasteiger partial charge on any atom is -0.462 e. The maximum absolute atomic E-state index is 11.8. The molecule has 0 bridgehead atoms. The molecule has 122 valence electrons. The fourth-order valence-corrected chi connectivity index (χ4v) is 3.95. The molecule has 0 saturated heterocycles. The van der Waals surface area contributed by atoms with E-state index < -0.39 is 0 Å². The molecule has 2 aliphatic rings. The Morgan fingerprint density at radius 3 is 2.86 bits per heavy atom. The molecule has 1 saturated carbocycles. The third-order valence-electron chi connectivity index (χ3n) is 5.35. The molecule has 3 atom stereocenters. The van der Waals surface area contributed by atoms with E-state index in [0.717, 1.165) is 31.3 Å². The molecule has 2 heteroatoms. The van der Waals surface area contributed by atoms with Crippen LogP contribution in [0.2, 0.25) is 0 Å². The van der Waals surface area contributed by atoms with Crippen LogP contribution in [0.25, 0.3) is 0 Å². The van der Waals surface area contributed by atoms with Crippen LogP contribution in [0, 0.1) is 17.3 Å². The van der Waals surface area contributed by atoms with Gasteiger partial charge in [0.1, 0.15) is 0 Å². The van der Waals surface area contributed by atoms with E-state index in [1.807, 2.05) is 13.8 Å². The van der Waals surface area contributed by atoms with Gasteiger partial charge in [0.15, 0.2) is 0 Å². The van der Waals surface area contributed by atoms with Crippen molar-refractivity contribution in [3.8, 4) is 0 Å². The molecule has 0 aromatic carbocycles. The summed E-state index contributed by atoms with van der Waals surface area (Å²) in [6.07, 6.45) is 9.62. The molecule has 0 radical (unpaired) electrons. The first-order valence-corrected chi connectivity index (χ1v) is 8.47. The zero-order valence-electron chi connectivity index (χ0n) is 14.6. The van der Waals surface area contributed by atoms with Crippen molar-refractivity contribution < 1.29 is 9.53 Å². The second kappa shape index (κ2) is 6.85. The standard InChI is InChI=1S/C20H30O2/c1-14(2)11-19(21)22-13-20(5)12-17-16(4)8-6-7-15(3)9-10-18(17)20/h7,11,17-18H,4,6,8-10,12-13H2,1-3,5H3. The second-order valence-electron chi connectivity index (χ2n) is 7.69. The van der Waals surface area contributed by atoms with Gasteiger partial charge in [0.2, 0.25) is 0 Å². The summed E-state index contributed by atoms with van der Waals surface area (Å²) < 4.78 is 5.51. The van der Waals surface area contributed by atoms with Gasteiger partial charge < -0.3 is 4.74 Å². The monoisotopic (exact) mass is 302 g/mol.